The molecule has 0 spiro atoms. The van der Waals surface area contributed by atoms with E-state index in [4.69, 9.17) is 18.3 Å². The molecule has 2 aliphatic rings. The van der Waals surface area contributed by atoms with E-state index in [-0.39, 0.29) is 17.2 Å². The molecule has 1 fully saturated rings. The molecular weight excluding hydrogens is 586 g/mol. The van der Waals surface area contributed by atoms with Crippen LogP contribution in [0.25, 0.3) is 0 Å². The molecule has 2 heterocycles. The van der Waals surface area contributed by atoms with Gasteiger partial charge in [0.25, 0.3) is 5.69 Å². The average molecular weight is 613 g/mol. The molecule has 4 atom stereocenters. The summed E-state index contributed by atoms with van der Waals surface area (Å²) in [4.78, 5) is 37.7. The van der Waals surface area contributed by atoms with Crippen LogP contribution in [-0.4, -0.2) is 44.6 Å². The summed E-state index contributed by atoms with van der Waals surface area (Å²) in [5.41, 5.74) is -3.13. The summed E-state index contributed by atoms with van der Waals surface area (Å²) >= 11 is 0. The Labute approximate surface area is 245 Å². The van der Waals surface area contributed by atoms with Gasteiger partial charge in [-0.25, -0.2) is 9.18 Å². The van der Waals surface area contributed by atoms with E-state index in [0.717, 1.165) is 11.8 Å². The number of carbonyl (C=O) groups is 2. The number of para-hydroxylation sites is 2. The molecule has 43 heavy (non-hydrogen) atoms. The number of carbonyl (C=O) groups excluding carboxylic acids is 2. The molecule has 0 aliphatic carbocycles. The number of benzene rings is 3. The Morgan fingerprint density at radius 2 is 1.56 bits per heavy atom. The second kappa shape index (κ2) is 11.5. The standard InChI is InChI=1S/C29H26FN2O10P/c1-18(33)23-25-29(2,30)26(42-43(38,40-21-9-5-3-6-10-21)41-22-11-7-4-8-12-22)24(31(25)27(23)34)28(35)39-17-19-13-15-20(16-14-19)32(36)37/h3-16,18,23,25,33H,17H2,1-2H3/t18-,23-,25+,29+/m1/s1. The molecule has 1 saturated heterocycles. The largest absolute Gasteiger partial charge is 0.646 e. The third kappa shape index (κ3) is 5.81. The van der Waals surface area contributed by atoms with Crippen LogP contribution >= 0.6 is 7.82 Å². The summed E-state index contributed by atoms with van der Waals surface area (Å²) in [6.45, 7) is 1.93. The zero-order valence-corrected chi connectivity index (χ0v) is 23.8. The van der Waals surface area contributed by atoms with Gasteiger partial charge in [-0.05, 0) is 55.8 Å². The van der Waals surface area contributed by atoms with Crippen molar-refractivity contribution in [3.63, 3.8) is 0 Å². The number of amides is 1. The molecule has 3 aromatic rings. The molecule has 0 unspecified atom stereocenters. The topological polar surface area (TPSA) is 155 Å². The lowest BCUT2D eigenvalue weighted by atomic mass is 9.77. The Hall–Kier alpha value is -4.74. The van der Waals surface area contributed by atoms with E-state index >= 15 is 4.39 Å². The van der Waals surface area contributed by atoms with Crippen molar-refractivity contribution >= 4 is 25.4 Å². The van der Waals surface area contributed by atoms with Gasteiger partial charge in [0.1, 0.15) is 18.1 Å². The number of nitro benzene ring substituents is 1. The number of aliphatic hydroxyl groups is 1. The van der Waals surface area contributed by atoms with Gasteiger partial charge in [0.15, 0.2) is 17.1 Å². The van der Waals surface area contributed by atoms with Crippen LogP contribution in [0.1, 0.15) is 19.4 Å². The molecule has 0 bridgehead atoms. The fourth-order valence-corrected chi connectivity index (χ4v) is 6.29. The summed E-state index contributed by atoms with van der Waals surface area (Å²) in [7, 11) is -4.82. The number of hydrogen-bond acceptors (Lipinski definition) is 10. The highest BCUT2D eigenvalue weighted by Crippen LogP contribution is 2.59. The number of halogens is 1. The van der Waals surface area contributed by atoms with E-state index < -0.39 is 66.4 Å². The van der Waals surface area contributed by atoms with Gasteiger partial charge >= 0.3 is 13.8 Å². The highest BCUT2D eigenvalue weighted by atomic mass is 31.2. The lowest BCUT2D eigenvalue weighted by Gasteiger charge is -2.47. The number of nitrogens with zero attached hydrogens (tertiary/aromatic N) is 2. The second-order valence-corrected chi connectivity index (χ2v) is 11.5. The Morgan fingerprint density at radius 1 is 1.02 bits per heavy atom. The summed E-state index contributed by atoms with van der Waals surface area (Å²) in [6, 6.07) is 19.3. The molecule has 2 aliphatic heterocycles. The molecular formula is C29H26FN2O10P. The van der Waals surface area contributed by atoms with E-state index in [9.17, 15) is 29.4 Å². The van der Waals surface area contributed by atoms with Crippen LogP contribution in [0.3, 0.4) is 0 Å². The third-order valence-corrected chi connectivity index (χ3v) is 8.23. The van der Waals surface area contributed by atoms with Gasteiger partial charge in [-0.3, -0.25) is 19.8 Å². The smallest absolute Gasteiger partial charge is 0.456 e. The number of hydrogen-bond donors (Lipinski definition) is 1. The highest BCUT2D eigenvalue weighted by molar-refractivity contribution is 7.49. The zero-order chi connectivity index (χ0) is 30.9. The Kier molecular flexibility index (Phi) is 7.96. The lowest BCUT2D eigenvalue weighted by molar-refractivity contribution is -0.384. The van der Waals surface area contributed by atoms with Gasteiger partial charge in [-0.1, -0.05) is 36.4 Å². The molecule has 3 aromatic carbocycles. The number of phosphoric ester groups is 1. The van der Waals surface area contributed by atoms with E-state index in [1.165, 1.54) is 55.5 Å². The number of fused-ring (bicyclic) bond motifs is 1. The third-order valence-electron chi connectivity index (χ3n) is 6.95. The predicted octanol–water partition coefficient (Wildman–Crippen LogP) is 5.08. The first-order chi connectivity index (χ1) is 20.4. The number of rotatable bonds is 11. The molecule has 14 heteroatoms. The van der Waals surface area contributed by atoms with Crippen molar-refractivity contribution in [2.24, 2.45) is 5.92 Å². The fourth-order valence-electron chi connectivity index (χ4n) is 4.93. The molecule has 1 amide bonds. The molecule has 0 aromatic heterocycles. The van der Waals surface area contributed by atoms with E-state index in [1.807, 2.05) is 0 Å². The summed E-state index contributed by atoms with van der Waals surface area (Å²) in [6.07, 6.45) is -1.28. The molecule has 0 radical (unpaired) electrons. The van der Waals surface area contributed by atoms with Gasteiger partial charge in [0, 0.05) is 12.1 Å². The number of esters is 1. The van der Waals surface area contributed by atoms with Crippen molar-refractivity contribution < 1.29 is 46.9 Å². The van der Waals surface area contributed by atoms with Crippen molar-refractivity contribution in [1.82, 2.24) is 4.90 Å². The minimum atomic E-state index is -4.82. The summed E-state index contributed by atoms with van der Waals surface area (Å²) in [5, 5.41) is 21.2. The fraction of sp³-hybridized carbons (Fsp3) is 0.241. The quantitative estimate of drug-likeness (QED) is 0.102. The molecule has 224 valence electrons. The number of nitro groups is 1. The Balaban J connectivity index is 1.52. The van der Waals surface area contributed by atoms with Gasteiger partial charge in [-0.2, -0.15) is 4.57 Å². The summed E-state index contributed by atoms with van der Waals surface area (Å²) in [5.74, 6) is -3.96. The van der Waals surface area contributed by atoms with Crippen LogP contribution in [0.2, 0.25) is 0 Å². The predicted molar refractivity (Wildman–Crippen MR) is 148 cm³/mol. The maximum absolute atomic E-state index is 16.7. The summed E-state index contributed by atoms with van der Waals surface area (Å²) < 4.78 is 53.0. The highest BCUT2D eigenvalue weighted by Gasteiger charge is 2.69. The van der Waals surface area contributed by atoms with E-state index in [0.29, 0.717) is 5.56 Å². The average Bonchev–Trinajstić information content (AvgIpc) is 3.15. The lowest BCUT2D eigenvalue weighted by Crippen LogP contribution is -2.67. The van der Waals surface area contributed by atoms with Crippen LogP contribution in [-0.2, 0) is 30.0 Å². The molecule has 1 N–H and O–H groups in total. The Bertz CT molecular complexity index is 1570. The maximum atomic E-state index is 16.7. The molecule has 0 saturated carbocycles. The van der Waals surface area contributed by atoms with Gasteiger partial charge in [0.2, 0.25) is 5.91 Å². The van der Waals surface area contributed by atoms with Crippen LogP contribution in [0.5, 0.6) is 11.5 Å². The van der Waals surface area contributed by atoms with Crippen LogP contribution in [0.4, 0.5) is 10.1 Å². The van der Waals surface area contributed by atoms with Crippen LogP contribution in [0.15, 0.2) is 96.4 Å². The number of ether oxygens (including phenoxy) is 1. The Morgan fingerprint density at radius 3 is 2.05 bits per heavy atom. The van der Waals surface area contributed by atoms with Crippen molar-refractivity contribution in [2.75, 3.05) is 0 Å². The normalized spacial score (nSPS) is 21.9. The van der Waals surface area contributed by atoms with Crippen molar-refractivity contribution in [3.8, 4) is 11.5 Å². The number of phosphoric acid groups is 1. The van der Waals surface area contributed by atoms with E-state index in [2.05, 4.69) is 0 Å². The number of alkyl halides is 1. The van der Waals surface area contributed by atoms with Crippen molar-refractivity contribution in [2.45, 2.75) is 38.3 Å². The number of aliphatic hydroxyl groups excluding tert-OH is 1. The minimum absolute atomic E-state index is 0.0458. The van der Waals surface area contributed by atoms with Crippen LogP contribution in [0, 0.1) is 16.0 Å². The van der Waals surface area contributed by atoms with Crippen molar-refractivity contribution in [3.05, 3.63) is 112 Å². The molecule has 12 nitrogen and oxygen atoms in total. The number of non-ortho nitro benzene ring substituents is 1. The first-order valence-corrected chi connectivity index (χ1v) is 14.5. The van der Waals surface area contributed by atoms with Gasteiger partial charge in [-0.15, -0.1) is 0 Å². The van der Waals surface area contributed by atoms with E-state index in [1.54, 1.807) is 36.4 Å². The zero-order valence-electron chi connectivity index (χ0n) is 22.9. The minimum Gasteiger partial charge on any atom is -0.456 e. The monoisotopic (exact) mass is 612 g/mol. The molecule has 5 rings (SSSR count). The maximum Gasteiger partial charge on any atom is 0.646 e. The van der Waals surface area contributed by atoms with Crippen molar-refractivity contribution in [1.29, 1.82) is 0 Å². The first-order valence-electron chi connectivity index (χ1n) is 13.1. The van der Waals surface area contributed by atoms with Gasteiger partial charge in [0.05, 0.1) is 23.0 Å². The first kappa shape index (κ1) is 29.7. The SMILES string of the molecule is C[C@@H](O)[C@H]1C(=O)N2C(C(=O)OCc3ccc([N+](=O)[O-])cc3)=C(OP(=O)(Oc3ccccc3)Oc3ccccc3)[C@@](C)(F)[C@H]12. The number of β-lactam (4-membered cyclic amide) rings is 1. The second-order valence-electron chi connectivity index (χ2n) is 10.0. The van der Waals surface area contributed by atoms with Gasteiger partial charge < -0.3 is 23.4 Å². The van der Waals surface area contributed by atoms with Crippen LogP contribution < -0.4 is 9.05 Å².